The van der Waals surface area contributed by atoms with Crippen LogP contribution in [-0.2, 0) is 9.59 Å². The van der Waals surface area contributed by atoms with E-state index in [0.29, 0.717) is 5.56 Å². The molecule has 0 bridgehead atoms. The lowest BCUT2D eigenvalue weighted by Crippen LogP contribution is -2.43. The van der Waals surface area contributed by atoms with Crippen LogP contribution < -0.4 is 11.1 Å². The van der Waals surface area contributed by atoms with Gasteiger partial charge in [0.2, 0.25) is 11.8 Å². The van der Waals surface area contributed by atoms with Gasteiger partial charge in [0.05, 0.1) is 6.54 Å². The Balaban J connectivity index is 2.76. The molecular weight excluding hydrogens is 261 g/mol. The van der Waals surface area contributed by atoms with Crippen molar-refractivity contribution in [3.8, 4) is 0 Å². The number of nitrogens with two attached hydrogens (primary N) is 1. The number of nitrogens with zero attached hydrogens (tertiary/aromatic N) is 1. The molecule has 0 radical (unpaired) electrons. The van der Waals surface area contributed by atoms with E-state index >= 15 is 0 Å². The third-order valence-electron chi connectivity index (χ3n) is 3.07. The van der Waals surface area contributed by atoms with Crippen LogP contribution >= 0.6 is 0 Å². The Labute approximate surface area is 117 Å². The van der Waals surface area contributed by atoms with Gasteiger partial charge in [-0.1, -0.05) is 12.1 Å². The van der Waals surface area contributed by atoms with Crippen molar-refractivity contribution >= 4 is 11.8 Å². The van der Waals surface area contributed by atoms with Crippen molar-refractivity contribution in [2.75, 3.05) is 13.6 Å². The predicted octanol–water partition coefficient (Wildman–Crippen LogP) is 0.809. The Bertz CT molecular complexity index is 474. The number of nitrogens with one attached hydrogen (secondary N) is 1. The Morgan fingerprint density at radius 3 is 2.30 bits per heavy atom. The number of halogens is 1. The van der Waals surface area contributed by atoms with Gasteiger partial charge in [-0.2, -0.15) is 0 Å². The quantitative estimate of drug-likeness (QED) is 0.810. The molecule has 0 aromatic heterocycles. The number of primary amides is 1. The Morgan fingerprint density at radius 1 is 1.30 bits per heavy atom. The van der Waals surface area contributed by atoms with E-state index in [2.05, 4.69) is 5.32 Å². The number of benzene rings is 1. The van der Waals surface area contributed by atoms with Crippen LogP contribution in [0.3, 0.4) is 0 Å². The number of hydrogen-bond acceptors (Lipinski definition) is 3. The molecule has 0 saturated heterocycles. The van der Waals surface area contributed by atoms with Gasteiger partial charge in [0.1, 0.15) is 11.9 Å². The second kappa shape index (κ2) is 7.00. The molecule has 2 amide bonds. The molecule has 0 aliphatic carbocycles. The third kappa shape index (κ3) is 4.62. The van der Waals surface area contributed by atoms with Gasteiger partial charge in [-0.3, -0.25) is 14.5 Å². The van der Waals surface area contributed by atoms with Gasteiger partial charge in [-0.05, 0) is 38.6 Å². The molecule has 1 atom stereocenters. The number of amides is 2. The minimum Gasteiger partial charge on any atom is -0.368 e. The summed E-state index contributed by atoms with van der Waals surface area (Å²) in [5, 5.41) is 2.56. The zero-order chi connectivity index (χ0) is 15.3. The second-order valence-corrected chi connectivity index (χ2v) is 4.96. The average molecular weight is 281 g/mol. The summed E-state index contributed by atoms with van der Waals surface area (Å²) >= 11 is 0. The van der Waals surface area contributed by atoms with Gasteiger partial charge >= 0.3 is 0 Å². The first kappa shape index (κ1) is 16.1. The summed E-state index contributed by atoms with van der Waals surface area (Å²) in [7, 11) is 1.81. The van der Waals surface area contributed by atoms with Crippen LogP contribution in [0.15, 0.2) is 24.3 Å². The number of hydrogen-bond donors (Lipinski definition) is 2. The van der Waals surface area contributed by atoms with E-state index in [0.717, 1.165) is 0 Å². The van der Waals surface area contributed by atoms with Crippen molar-refractivity contribution in [2.45, 2.75) is 25.9 Å². The molecule has 0 spiro atoms. The van der Waals surface area contributed by atoms with E-state index < -0.39 is 17.8 Å². The van der Waals surface area contributed by atoms with Crippen LogP contribution in [0.1, 0.15) is 25.5 Å². The summed E-state index contributed by atoms with van der Waals surface area (Å²) in [6.07, 6.45) is 0. The molecule has 0 heterocycles. The zero-order valence-electron chi connectivity index (χ0n) is 11.9. The highest BCUT2D eigenvalue weighted by Crippen LogP contribution is 2.13. The van der Waals surface area contributed by atoms with E-state index in [4.69, 9.17) is 5.73 Å². The van der Waals surface area contributed by atoms with E-state index in [1.807, 2.05) is 18.7 Å². The molecule has 3 N–H and O–H groups in total. The molecule has 1 aromatic carbocycles. The summed E-state index contributed by atoms with van der Waals surface area (Å²) in [6.45, 7) is 4.07. The van der Waals surface area contributed by atoms with E-state index in [-0.39, 0.29) is 18.5 Å². The SMILES string of the molecule is CC(C)N(C)CC(=O)N[C@H](C(N)=O)c1ccc(F)cc1. The Morgan fingerprint density at radius 2 is 1.85 bits per heavy atom. The standard InChI is InChI=1S/C14H20FN3O2/c1-9(2)18(3)8-12(19)17-13(14(16)20)10-4-6-11(15)7-5-10/h4-7,9,13H,8H2,1-3H3,(H2,16,20)(H,17,19)/t13-/m0/s1. The minimum atomic E-state index is -0.955. The van der Waals surface area contributed by atoms with Crippen LogP contribution in [0, 0.1) is 5.82 Å². The first-order chi connectivity index (χ1) is 9.31. The van der Waals surface area contributed by atoms with Gasteiger partial charge < -0.3 is 11.1 Å². The maximum Gasteiger partial charge on any atom is 0.244 e. The lowest BCUT2D eigenvalue weighted by atomic mass is 10.1. The highest BCUT2D eigenvalue weighted by Gasteiger charge is 2.21. The Kier molecular flexibility index (Phi) is 5.64. The largest absolute Gasteiger partial charge is 0.368 e. The second-order valence-electron chi connectivity index (χ2n) is 4.96. The Hall–Kier alpha value is -1.95. The third-order valence-corrected chi connectivity index (χ3v) is 3.07. The van der Waals surface area contributed by atoms with Crippen molar-refractivity contribution in [1.82, 2.24) is 10.2 Å². The smallest absolute Gasteiger partial charge is 0.244 e. The van der Waals surface area contributed by atoms with Crippen molar-refractivity contribution < 1.29 is 14.0 Å². The molecule has 110 valence electrons. The summed E-state index contributed by atoms with van der Waals surface area (Å²) in [5.41, 5.74) is 5.74. The summed E-state index contributed by atoms with van der Waals surface area (Å²) in [4.78, 5) is 25.1. The molecule has 0 saturated carbocycles. The lowest BCUT2D eigenvalue weighted by molar-refractivity contribution is -0.128. The normalized spacial score (nSPS) is 12.5. The van der Waals surface area contributed by atoms with Gasteiger partial charge in [0.15, 0.2) is 0 Å². The first-order valence-electron chi connectivity index (χ1n) is 6.35. The molecule has 1 rings (SSSR count). The molecule has 0 aliphatic heterocycles. The van der Waals surface area contributed by atoms with Crippen LogP contribution in [0.5, 0.6) is 0 Å². The fraction of sp³-hybridized carbons (Fsp3) is 0.429. The van der Waals surface area contributed by atoms with Gasteiger partial charge in [0.25, 0.3) is 0 Å². The minimum absolute atomic E-state index is 0.155. The first-order valence-corrected chi connectivity index (χ1v) is 6.35. The number of carbonyl (C=O) groups is 2. The molecule has 5 nitrogen and oxygen atoms in total. The maximum atomic E-state index is 12.9. The van der Waals surface area contributed by atoms with Gasteiger partial charge in [0, 0.05) is 6.04 Å². The van der Waals surface area contributed by atoms with Crippen molar-refractivity contribution in [1.29, 1.82) is 0 Å². The van der Waals surface area contributed by atoms with Crippen molar-refractivity contribution in [2.24, 2.45) is 5.73 Å². The van der Waals surface area contributed by atoms with Crippen molar-refractivity contribution in [3.05, 3.63) is 35.6 Å². The average Bonchev–Trinajstić information content (AvgIpc) is 2.36. The van der Waals surface area contributed by atoms with E-state index in [1.54, 1.807) is 7.05 Å². The molecule has 0 fully saturated rings. The summed E-state index contributed by atoms with van der Waals surface area (Å²) in [5.74, 6) is -1.41. The van der Waals surface area contributed by atoms with E-state index in [1.165, 1.54) is 24.3 Å². The zero-order valence-corrected chi connectivity index (χ0v) is 11.9. The monoisotopic (exact) mass is 281 g/mol. The topological polar surface area (TPSA) is 75.4 Å². The number of carbonyl (C=O) groups excluding carboxylic acids is 2. The van der Waals surface area contributed by atoms with Crippen LogP contribution in [-0.4, -0.2) is 36.3 Å². The van der Waals surface area contributed by atoms with Crippen molar-refractivity contribution in [3.63, 3.8) is 0 Å². The lowest BCUT2D eigenvalue weighted by Gasteiger charge is -2.22. The van der Waals surface area contributed by atoms with Crippen LogP contribution in [0.2, 0.25) is 0 Å². The maximum absolute atomic E-state index is 12.9. The summed E-state index contributed by atoms with van der Waals surface area (Å²) in [6, 6.07) is 4.55. The molecule has 20 heavy (non-hydrogen) atoms. The van der Waals surface area contributed by atoms with Gasteiger partial charge in [-0.15, -0.1) is 0 Å². The number of rotatable bonds is 6. The highest BCUT2D eigenvalue weighted by atomic mass is 19.1. The fourth-order valence-corrected chi connectivity index (χ4v) is 1.59. The van der Waals surface area contributed by atoms with Gasteiger partial charge in [-0.25, -0.2) is 4.39 Å². The van der Waals surface area contributed by atoms with Crippen LogP contribution in [0.25, 0.3) is 0 Å². The summed E-state index contributed by atoms with van der Waals surface area (Å²) < 4.78 is 12.9. The highest BCUT2D eigenvalue weighted by molar-refractivity contribution is 5.88. The molecular formula is C14H20FN3O2. The molecule has 6 heteroatoms. The molecule has 1 aromatic rings. The van der Waals surface area contributed by atoms with Crippen LogP contribution in [0.4, 0.5) is 4.39 Å². The molecule has 0 aliphatic rings. The number of likely N-dealkylation sites (N-methyl/N-ethyl adjacent to an activating group) is 1. The fourth-order valence-electron chi connectivity index (χ4n) is 1.59. The predicted molar refractivity (Wildman–Crippen MR) is 74.2 cm³/mol. The molecule has 0 unspecified atom stereocenters. The van der Waals surface area contributed by atoms with E-state index in [9.17, 15) is 14.0 Å².